The Balaban J connectivity index is 1.89. The van der Waals surface area contributed by atoms with Gasteiger partial charge in [-0.1, -0.05) is 35.2 Å². The summed E-state index contributed by atoms with van der Waals surface area (Å²) in [5.41, 5.74) is 0.348. The Hall–Kier alpha value is -2.64. The van der Waals surface area contributed by atoms with E-state index in [1.165, 1.54) is 11.8 Å². The van der Waals surface area contributed by atoms with Crippen molar-refractivity contribution in [2.24, 2.45) is 0 Å². The van der Waals surface area contributed by atoms with E-state index in [9.17, 15) is 9.59 Å². The fourth-order valence-corrected chi connectivity index (χ4v) is 3.31. The van der Waals surface area contributed by atoms with E-state index in [1.54, 1.807) is 38.1 Å². The lowest BCUT2D eigenvalue weighted by Gasteiger charge is -2.14. The Kier molecular flexibility index (Phi) is 7.37. The van der Waals surface area contributed by atoms with Crippen LogP contribution in [0.25, 0.3) is 0 Å². The Morgan fingerprint density at radius 2 is 2.15 bits per heavy atom. The number of amides is 1. The van der Waals surface area contributed by atoms with E-state index < -0.39 is 12.0 Å². The van der Waals surface area contributed by atoms with Crippen LogP contribution in [0.4, 0.5) is 5.13 Å². The molecule has 10 heteroatoms. The van der Waals surface area contributed by atoms with Crippen molar-refractivity contribution in [2.75, 3.05) is 17.7 Å². The molecule has 136 valence electrons. The third-order valence-corrected chi connectivity index (χ3v) is 4.88. The number of benzene rings is 1. The Morgan fingerprint density at radius 1 is 1.38 bits per heavy atom. The second kappa shape index (κ2) is 9.74. The van der Waals surface area contributed by atoms with Gasteiger partial charge in [0.1, 0.15) is 11.8 Å². The molecule has 0 spiro atoms. The van der Waals surface area contributed by atoms with Crippen molar-refractivity contribution in [3.63, 3.8) is 0 Å². The van der Waals surface area contributed by atoms with Gasteiger partial charge < -0.3 is 9.47 Å². The topological polar surface area (TPSA) is 114 Å². The minimum atomic E-state index is -0.830. The van der Waals surface area contributed by atoms with Gasteiger partial charge in [0.2, 0.25) is 5.13 Å². The molecule has 26 heavy (non-hydrogen) atoms. The molecule has 0 aliphatic rings. The average molecular weight is 392 g/mol. The van der Waals surface area contributed by atoms with Crippen molar-refractivity contribution in [2.45, 2.75) is 24.3 Å². The first-order valence-electron chi connectivity index (χ1n) is 7.62. The van der Waals surface area contributed by atoms with Gasteiger partial charge in [-0.2, -0.15) is 5.26 Å². The lowest BCUT2D eigenvalue weighted by atomic mass is 10.2. The fraction of sp³-hybridized carbons (Fsp3) is 0.312. The molecule has 0 radical (unpaired) electrons. The quantitative estimate of drug-likeness (QED) is 0.414. The number of aromatic nitrogens is 2. The van der Waals surface area contributed by atoms with Gasteiger partial charge in [0.15, 0.2) is 10.4 Å². The largest absolute Gasteiger partial charge is 0.480 e. The molecule has 0 bridgehead atoms. The first-order valence-corrected chi connectivity index (χ1v) is 9.42. The predicted molar refractivity (Wildman–Crippen MR) is 97.1 cm³/mol. The molecule has 0 aliphatic carbocycles. The van der Waals surface area contributed by atoms with Crippen molar-refractivity contribution in [1.82, 2.24) is 10.2 Å². The van der Waals surface area contributed by atoms with Crippen LogP contribution >= 0.6 is 23.1 Å². The van der Waals surface area contributed by atoms with Crippen LogP contribution in [0.3, 0.4) is 0 Å². The highest BCUT2D eigenvalue weighted by Gasteiger charge is 2.18. The van der Waals surface area contributed by atoms with Crippen LogP contribution in [-0.4, -0.2) is 40.5 Å². The van der Waals surface area contributed by atoms with E-state index in [-0.39, 0.29) is 11.7 Å². The second-order valence-corrected chi connectivity index (χ2v) is 7.02. The zero-order valence-corrected chi connectivity index (χ0v) is 15.7. The smallest absolute Gasteiger partial charge is 0.316 e. The van der Waals surface area contributed by atoms with Gasteiger partial charge in [-0.15, -0.1) is 10.2 Å². The van der Waals surface area contributed by atoms with E-state index in [0.29, 0.717) is 27.4 Å². The summed E-state index contributed by atoms with van der Waals surface area (Å²) in [7, 11) is 0. The summed E-state index contributed by atoms with van der Waals surface area (Å²) in [6, 6.07) is 8.67. The molecule has 1 heterocycles. The monoisotopic (exact) mass is 392 g/mol. The van der Waals surface area contributed by atoms with Gasteiger partial charge in [0.05, 0.1) is 17.9 Å². The molecule has 1 aromatic heterocycles. The molecule has 1 atom stereocenters. The third kappa shape index (κ3) is 5.72. The van der Waals surface area contributed by atoms with Crippen molar-refractivity contribution in [3.8, 4) is 11.8 Å². The molecule has 2 aromatic rings. The molecule has 1 amide bonds. The van der Waals surface area contributed by atoms with Crippen LogP contribution in [0.2, 0.25) is 0 Å². The second-order valence-electron chi connectivity index (χ2n) is 4.82. The van der Waals surface area contributed by atoms with Crippen molar-refractivity contribution in [3.05, 3.63) is 29.8 Å². The highest BCUT2D eigenvalue weighted by atomic mass is 32.2. The highest BCUT2D eigenvalue weighted by molar-refractivity contribution is 8.01. The molecule has 8 nitrogen and oxygen atoms in total. The zero-order valence-electron chi connectivity index (χ0n) is 14.1. The number of nitrogens with one attached hydrogen (secondary N) is 1. The normalized spacial score (nSPS) is 11.3. The summed E-state index contributed by atoms with van der Waals surface area (Å²) in [4.78, 5) is 23.5. The van der Waals surface area contributed by atoms with Crippen molar-refractivity contribution >= 4 is 40.1 Å². The number of anilines is 1. The molecule has 1 aromatic carbocycles. The molecule has 0 saturated heterocycles. The van der Waals surface area contributed by atoms with Crippen LogP contribution < -0.4 is 10.1 Å². The highest BCUT2D eigenvalue weighted by Crippen LogP contribution is 2.26. The molecule has 1 unspecified atom stereocenters. The minimum absolute atomic E-state index is 0.126. The summed E-state index contributed by atoms with van der Waals surface area (Å²) in [5.74, 6) is -0.297. The van der Waals surface area contributed by atoms with Gasteiger partial charge in [0, 0.05) is 0 Å². The van der Waals surface area contributed by atoms with Crippen LogP contribution in [0.15, 0.2) is 28.6 Å². The van der Waals surface area contributed by atoms with Crippen LogP contribution in [-0.2, 0) is 14.3 Å². The number of para-hydroxylation sites is 1. The van der Waals surface area contributed by atoms with E-state index in [1.807, 2.05) is 6.07 Å². The summed E-state index contributed by atoms with van der Waals surface area (Å²) in [5, 5.41) is 19.7. The van der Waals surface area contributed by atoms with Crippen molar-refractivity contribution in [1.29, 1.82) is 5.26 Å². The lowest BCUT2D eigenvalue weighted by Crippen LogP contribution is -2.30. The summed E-state index contributed by atoms with van der Waals surface area (Å²) < 4.78 is 10.9. The molecular weight excluding hydrogens is 376 g/mol. The molecular formula is C16H16N4O4S2. The number of hydrogen-bond donors (Lipinski definition) is 1. The number of carbonyl (C=O) groups is 2. The SMILES string of the molecule is CCOC(=O)CSc1nnc(NC(=O)C(C)Oc2ccccc2C#N)s1. The first-order chi connectivity index (χ1) is 12.5. The zero-order chi connectivity index (χ0) is 18.9. The van der Waals surface area contributed by atoms with Crippen LogP contribution in [0.5, 0.6) is 5.75 Å². The van der Waals surface area contributed by atoms with Gasteiger partial charge in [-0.05, 0) is 26.0 Å². The fourth-order valence-electron chi connectivity index (χ4n) is 1.75. The molecule has 1 N–H and O–H groups in total. The van der Waals surface area contributed by atoms with Crippen molar-refractivity contribution < 1.29 is 19.1 Å². The average Bonchev–Trinajstić information content (AvgIpc) is 3.08. The lowest BCUT2D eigenvalue weighted by molar-refractivity contribution is -0.139. The Morgan fingerprint density at radius 3 is 2.88 bits per heavy atom. The third-order valence-electron chi connectivity index (χ3n) is 2.94. The Bertz CT molecular complexity index is 819. The van der Waals surface area contributed by atoms with E-state index >= 15 is 0 Å². The van der Waals surface area contributed by atoms with E-state index in [2.05, 4.69) is 15.5 Å². The number of rotatable bonds is 8. The maximum Gasteiger partial charge on any atom is 0.316 e. The summed E-state index contributed by atoms with van der Waals surface area (Å²) in [6.07, 6.45) is -0.830. The summed E-state index contributed by atoms with van der Waals surface area (Å²) >= 11 is 2.33. The van der Waals surface area contributed by atoms with E-state index in [0.717, 1.165) is 11.3 Å². The van der Waals surface area contributed by atoms with E-state index in [4.69, 9.17) is 14.7 Å². The standard InChI is InChI=1S/C16H16N4O4S2/c1-3-23-13(21)9-25-16-20-19-15(26-16)18-14(22)10(2)24-12-7-5-4-6-11(12)8-17/h4-7,10H,3,9H2,1-2H3,(H,18,19,22). The van der Waals surface area contributed by atoms with Gasteiger partial charge in [-0.25, -0.2) is 0 Å². The summed E-state index contributed by atoms with van der Waals surface area (Å²) in [6.45, 7) is 3.63. The van der Waals surface area contributed by atoms with Gasteiger partial charge in [-0.3, -0.25) is 14.9 Å². The predicted octanol–water partition coefficient (Wildman–Crippen LogP) is 2.47. The Labute approximate surface area is 158 Å². The van der Waals surface area contributed by atoms with Gasteiger partial charge >= 0.3 is 5.97 Å². The number of thioether (sulfide) groups is 1. The number of nitrogens with zero attached hydrogens (tertiary/aromatic N) is 3. The maximum atomic E-state index is 12.2. The van der Waals surface area contributed by atoms with Gasteiger partial charge in [0.25, 0.3) is 5.91 Å². The van der Waals surface area contributed by atoms with Crippen LogP contribution in [0.1, 0.15) is 19.4 Å². The number of nitriles is 1. The first kappa shape index (κ1) is 19.7. The minimum Gasteiger partial charge on any atom is -0.480 e. The number of ether oxygens (including phenoxy) is 2. The number of esters is 1. The number of hydrogen-bond acceptors (Lipinski definition) is 9. The van der Waals surface area contributed by atoms with Crippen LogP contribution in [0, 0.1) is 11.3 Å². The number of carbonyl (C=O) groups excluding carboxylic acids is 2. The molecule has 2 rings (SSSR count). The molecule has 0 fully saturated rings. The molecule has 0 saturated carbocycles. The maximum absolute atomic E-state index is 12.2. The molecule has 0 aliphatic heterocycles.